The van der Waals surface area contributed by atoms with Crippen LogP contribution in [-0.2, 0) is 0 Å². The first kappa shape index (κ1) is 14.9. The fraction of sp³-hybridized carbons (Fsp3) is 0.150. The quantitative estimate of drug-likeness (QED) is 0.618. The van der Waals surface area contributed by atoms with Gasteiger partial charge in [-0.3, -0.25) is 14.2 Å². The molecule has 2 N–H and O–H groups in total. The predicted octanol–water partition coefficient (Wildman–Crippen LogP) is 3.16. The van der Waals surface area contributed by atoms with Crippen molar-refractivity contribution >= 4 is 11.6 Å². The Morgan fingerprint density at radius 1 is 1.12 bits per heavy atom. The minimum Gasteiger partial charge on any atom is -0.364 e. The zero-order valence-corrected chi connectivity index (χ0v) is 14.0. The van der Waals surface area contributed by atoms with Gasteiger partial charge >= 0.3 is 0 Å². The summed E-state index contributed by atoms with van der Waals surface area (Å²) in [4.78, 5) is 20.7. The number of fused-ring (bicyclic) bond motifs is 1. The van der Waals surface area contributed by atoms with Crippen LogP contribution in [0.25, 0.3) is 22.7 Å². The van der Waals surface area contributed by atoms with Gasteiger partial charge < -0.3 is 10.3 Å². The summed E-state index contributed by atoms with van der Waals surface area (Å²) in [5.74, 6) is 0.111. The van der Waals surface area contributed by atoms with Crippen LogP contribution in [0.4, 0.5) is 0 Å². The van der Waals surface area contributed by atoms with E-state index < -0.39 is 5.91 Å². The van der Waals surface area contributed by atoms with E-state index in [0.29, 0.717) is 17.3 Å². The Bertz CT molecular complexity index is 1140. The van der Waals surface area contributed by atoms with Gasteiger partial charge in [0.15, 0.2) is 0 Å². The molecule has 0 atom stereocenters. The summed E-state index contributed by atoms with van der Waals surface area (Å²) in [5.41, 5.74) is 10.5. The van der Waals surface area contributed by atoms with E-state index in [0.717, 1.165) is 22.8 Å². The fourth-order valence-electron chi connectivity index (χ4n) is 3.31. The molecule has 1 aliphatic carbocycles. The maximum absolute atomic E-state index is 11.6. The number of imidazole rings is 1. The lowest BCUT2D eigenvalue weighted by Crippen LogP contribution is -2.13. The highest BCUT2D eigenvalue weighted by molar-refractivity contribution is 5.91. The van der Waals surface area contributed by atoms with Crippen LogP contribution in [0, 0.1) is 0 Å². The van der Waals surface area contributed by atoms with Crippen molar-refractivity contribution in [2.24, 2.45) is 5.73 Å². The Kier molecular flexibility index (Phi) is 3.18. The number of nitrogens with two attached hydrogens (primary N) is 1. The summed E-state index contributed by atoms with van der Waals surface area (Å²) < 4.78 is 3.78. The number of carbonyl (C=O) groups excluding carboxylic acids is 1. The van der Waals surface area contributed by atoms with Crippen molar-refractivity contribution in [2.75, 3.05) is 0 Å². The molecule has 0 saturated heterocycles. The van der Waals surface area contributed by atoms with Gasteiger partial charge in [0.2, 0.25) is 0 Å². The van der Waals surface area contributed by atoms with Crippen molar-refractivity contribution in [1.29, 1.82) is 0 Å². The van der Waals surface area contributed by atoms with Gasteiger partial charge in [0.05, 0.1) is 23.3 Å². The number of pyridine rings is 2. The van der Waals surface area contributed by atoms with Crippen molar-refractivity contribution in [3.05, 3.63) is 72.4 Å². The minimum atomic E-state index is -0.499. The number of hydrogen-bond acceptors (Lipinski definition) is 3. The summed E-state index contributed by atoms with van der Waals surface area (Å²) in [6, 6.07) is 14.1. The largest absolute Gasteiger partial charge is 0.364 e. The SMILES string of the molecule is NC(=O)c1cnc2ccc(-n3cccc3-c3cccc(C4CC4)n3)cn12. The lowest BCUT2D eigenvalue weighted by Gasteiger charge is -2.11. The molecule has 0 spiro atoms. The molecule has 1 fully saturated rings. The molecule has 4 heterocycles. The Morgan fingerprint density at radius 2 is 2.00 bits per heavy atom. The predicted molar refractivity (Wildman–Crippen MR) is 98.2 cm³/mol. The molecule has 4 aromatic heterocycles. The van der Waals surface area contributed by atoms with E-state index in [-0.39, 0.29) is 0 Å². The molecule has 0 unspecified atom stereocenters. The van der Waals surface area contributed by atoms with E-state index in [9.17, 15) is 4.79 Å². The molecule has 1 amide bonds. The lowest BCUT2D eigenvalue weighted by atomic mass is 10.2. The van der Waals surface area contributed by atoms with E-state index in [4.69, 9.17) is 10.7 Å². The van der Waals surface area contributed by atoms with Gasteiger partial charge in [-0.2, -0.15) is 0 Å². The zero-order chi connectivity index (χ0) is 17.7. The first-order valence-electron chi connectivity index (χ1n) is 8.63. The summed E-state index contributed by atoms with van der Waals surface area (Å²) in [7, 11) is 0. The maximum atomic E-state index is 11.6. The fourth-order valence-corrected chi connectivity index (χ4v) is 3.31. The van der Waals surface area contributed by atoms with Crippen LogP contribution in [0.15, 0.2) is 61.1 Å². The van der Waals surface area contributed by atoms with Crippen LogP contribution in [0.2, 0.25) is 0 Å². The topological polar surface area (TPSA) is 78.2 Å². The monoisotopic (exact) mass is 343 g/mol. The van der Waals surface area contributed by atoms with Gasteiger partial charge in [-0.25, -0.2) is 4.98 Å². The Morgan fingerprint density at radius 3 is 2.81 bits per heavy atom. The second-order valence-corrected chi connectivity index (χ2v) is 6.61. The Labute approximate surface area is 149 Å². The molecule has 26 heavy (non-hydrogen) atoms. The minimum absolute atomic E-state index is 0.365. The molecule has 6 heteroatoms. The number of rotatable bonds is 4. The van der Waals surface area contributed by atoms with Gasteiger partial charge in [-0.1, -0.05) is 6.07 Å². The van der Waals surface area contributed by atoms with E-state index in [1.165, 1.54) is 19.0 Å². The van der Waals surface area contributed by atoms with Gasteiger partial charge in [0, 0.05) is 24.0 Å². The van der Waals surface area contributed by atoms with Crippen molar-refractivity contribution in [1.82, 2.24) is 18.9 Å². The van der Waals surface area contributed by atoms with Crippen LogP contribution in [0.5, 0.6) is 0 Å². The third kappa shape index (κ3) is 2.38. The summed E-state index contributed by atoms with van der Waals surface area (Å²) in [5, 5.41) is 0. The molecular formula is C20H17N5O. The van der Waals surface area contributed by atoms with E-state index >= 15 is 0 Å². The second-order valence-electron chi connectivity index (χ2n) is 6.61. The lowest BCUT2D eigenvalue weighted by molar-refractivity contribution is 0.0995. The van der Waals surface area contributed by atoms with Crippen molar-refractivity contribution in [3.8, 4) is 17.1 Å². The number of nitrogens with zero attached hydrogens (tertiary/aromatic N) is 4. The molecule has 4 aromatic rings. The average Bonchev–Trinajstić information content (AvgIpc) is 3.23. The summed E-state index contributed by atoms with van der Waals surface area (Å²) in [6.45, 7) is 0. The average molecular weight is 343 g/mol. The van der Waals surface area contributed by atoms with Crippen LogP contribution >= 0.6 is 0 Å². The molecule has 128 valence electrons. The molecular weight excluding hydrogens is 326 g/mol. The maximum Gasteiger partial charge on any atom is 0.267 e. The number of carbonyl (C=O) groups is 1. The van der Waals surface area contributed by atoms with E-state index in [1.54, 1.807) is 4.40 Å². The van der Waals surface area contributed by atoms with Gasteiger partial charge in [-0.05, 0) is 49.2 Å². The van der Waals surface area contributed by atoms with Crippen LogP contribution in [0.1, 0.15) is 34.9 Å². The van der Waals surface area contributed by atoms with Gasteiger partial charge in [0.1, 0.15) is 11.3 Å². The molecule has 1 aliphatic rings. The highest BCUT2D eigenvalue weighted by atomic mass is 16.1. The second kappa shape index (κ2) is 5.56. The van der Waals surface area contributed by atoms with Crippen molar-refractivity contribution < 1.29 is 4.79 Å². The third-order valence-corrected chi connectivity index (χ3v) is 4.80. The normalized spacial score (nSPS) is 14.0. The number of aromatic nitrogens is 4. The summed E-state index contributed by atoms with van der Waals surface area (Å²) >= 11 is 0. The number of hydrogen-bond donors (Lipinski definition) is 1. The molecule has 0 radical (unpaired) electrons. The van der Waals surface area contributed by atoms with Crippen molar-refractivity contribution in [2.45, 2.75) is 18.8 Å². The number of amides is 1. The molecule has 6 nitrogen and oxygen atoms in total. The molecule has 0 aliphatic heterocycles. The molecule has 1 saturated carbocycles. The standard InChI is InChI=1S/C20H17N5O/c21-20(26)18-11-22-19-9-8-14(12-25(18)19)24-10-2-5-17(24)16-4-1-3-15(23-16)13-6-7-13/h1-5,8-13H,6-7H2,(H2,21,26). The third-order valence-electron chi connectivity index (χ3n) is 4.80. The van der Waals surface area contributed by atoms with Crippen LogP contribution < -0.4 is 5.73 Å². The zero-order valence-electron chi connectivity index (χ0n) is 14.0. The molecule has 0 aromatic carbocycles. The van der Waals surface area contributed by atoms with Crippen molar-refractivity contribution in [3.63, 3.8) is 0 Å². The van der Waals surface area contributed by atoms with E-state index in [2.05, 4.69) is 21.7 Å². The Balaban J connectivity index is 1.63. The van der Waals surface area contributed by atoms with Crippen LogP contribution in [0.3, 0.4) is 0 Å². The number of primary amides is 1. The smallest absolute Gasteiger partial charge is 0.267 e. The molecule has 0 bridgehead atoms. The highest BCUT2D eigenvalue weighted by Crippen LogP contribution is 2.39. The molecule has 5 rings (SSSR count). The Hall–Kier alpha value is -3.41. The van der Waals surface area contributed by atoms with E-state index in [1.807, 2.05) is 42.7 Å². The first-order chi connectivity index (χ1) is 12.7. The highest BCUT2D eigenvalue weighted by Gasteiger charge is 2.25. The first-order valence-corrected chi connectivity index (χ1v) is 8.63. The van der Waals surface area contributed by atoms with Gasteiger partial charge in [-0.15, -0.1) is 0 Å². The van der Waals surface area contributed by atoms with Gasteiger partial charge in [0.25, 0.3) is 5.91 Å². The summed E-state index contributed by atoms with van der Waals surface area (Å²) in [6.07, 6.45) is 7.81. The van der Waals surface area contributed by atoms with Crippen LogP contribution in [-0.4, -0.2) is 24.8 Å².